The fourth-order valence-electron chi connectivity index (χ4n) is 2.62. The zero-order valence-electron chi connectivity index (χ0n) is 15.1. The van der Waals surface area contributed by atoms with Crippen molar-refractivity contribution in [2.75, 3.05) is 19.6 Å². The minimum Gasteiger partial charge on any atom is -0.303 e. The number of hydrogen-bond acceptors (Lipinski definition) is 1. The smallest absolute Gasteiger partial charge is 0.303 e. The van der Waals surface area contributed by atoms with E-state index >= 15 is 0 Å². The van der Waals surface area contributed by atoms with Gasteiger partial charge in [-0.05, 0) is 38.9 Å². The van der Waals surface area contributed by atoms with Gasteiger partial charge in [-0.15, -0.1) is 0 Å². The lowest BCUT2D eigenvalue weighted by atomic mass is 10.1. The van der Waals surface area contributed by atoms with Crippen molar-refractivity contribution >= 4 is 0 Å². The van der Waals surface area contributed by atoms with Crippen molar-refractivity contribution in [2.45, 2.75) is 97.8 Å². The normalized spacial score (nSPS) is 11.4. The molecule has 0 aromatic carbocycles. The molecule has 116 valence electrons. The fourth-order valence-corrected chi connectivity index (χ4v) is 2.62. The number of unbranched alkanes of at least 4 members (excludes halogenated alkanes) is 9. The maximum absolute atomic E-state index is 2.74. The van der Waals surface area contributed by atoms with E-state index in [1.54, 1.807) is 0 Å². The first kappa shape index (κ1) is 19.0. The summed E-state index contributed by atoms with van der Waals surface area (Å²) in [5, 5.41) is 0. The molecule has 0 aliphatic rings. The van der Waals surface area contributed by atoms with Gasteiger partial charge in [0.05, 0.1) is 0 Å². The van der Waals surface area contributed by atoms with Crippen LogP contribution in [0.3, 0.4) is 0 Å². The van der Waals surface area contributed by atoms with E-state index in [0.717, 1.165) is 0 Å². The first-order chi connectivity index (χ1) is 9.35. The SMILES string of the molecule is CCCCCCN(CCCCCC)CCCCCC.[H+]. The average Bonchev–Trinajstić information content (AvgIpc) is 2.43. The molecule has 1 nitrogen and oxygen atoms in total. The van der Waals surface area contributed by atoms with Gasteiger partial charge in [0.25, 0.3) is 0 Å². The highest BCUT2D eigenvalue weighted by atomic mass is 15.1. The highest BCUT2D eigenvalue weighted by molar-refractivity contribution is 4.59. The van der Waals surface area contributed by atoms with Crippen LogP contribution in [0, 0.1) is 0 Å². The molecule has 0 aromatic rings. The van der Waals surface area contributed by atoms with Gasteiger partial charge in [0.2, 0.25) is 0 Å². The summed E-state index contributed by atoms with van der Waals surface area (Å²) in [4.78, 5) is 2.74. The molecule has 0 aromatic heterocycles. The van der Waals surface area contributed by atoms with E-state index in [1.165, 1.54) is 96.7 Å². The van der Waals surface area contributed by atoms with Gasteiger partial charge in [0.1, 0.15) is 0 Å². The second kappa shape index (κ2) is 16.0. The largest absolute Gasteiger partial charge is 1.00 e. The monoisotopic (exact) mass is 270 g/mol. The van der Waals surface area contributed by atoms with Crippen LogP contribution in [-0.4, -0.2) is 24.5 Å². The summed E-state index contributed by atoms with van der Waals surface area (Å²) in [7, 11) is 0. The maximum Gasteiger partial charge on any atom is 1.00 e. The zero-order chi connectivity index (χ0) is 14.2. The summed E-state index contributed by atoms with van der Waals surface area (Å²) in [6.45, 7) is 10.9. The molecule has 0 amide bonds. The summed E-state index contributed by atoms with van der Waals surface area (Å²) in [6, 6.07) is 0. The summed E-state index contributed by atoms with van der Waals surface area (Å²) in [5.74, 6) is 0. The molecule has 0 N–H and O–H groups in total. The highest BCUT2D eigenvalue weighted by Crippen LogP contribution is 2.08. The minimum atomic E-state index is 0. The molecule has 1 heteroatoms. The lowest BCUT2D eigenvalue weighted by molar-refractivity contribution is 0.255. The van der Waals surface area contributed by atoms with Crippen LogP contribution in [0.15, 0.2) is 0 Å². The molecular weight excluding hydrogens is 230 g/mol. The molecule has 0 fully saturated rings. The van der Waals surface area contributed by atoms with Crippen LogP contribution in [0.25, 0.3) is 0 Å². The van der Waals surface area contributed by atoms with E-state index < -0.39 is 0 Å². The lowest BCUT2D eigenvalue weighted by Crippen LogP contribution is -2.27. The molecule has 0 heterocycles. The third kappa shape index (κ3) is 14.2. The van der Waals surface area contributed by atoms with E-state index in [4.69, 9.17) is 0 Å². The van der Waals surface area contributed by atoms with Gasteiger partial charge in [0.15, 0.2) is 0 Å². The molecule has 0 saturated heterocycles. The number of nitrogens with zero attached hydrogens (tertiary/aromatic N) is 1. The van der Waals surface area contributed by atoms with E-state index in [9.17, 15) is 0 Å². The van der Waals surface area contributed by atoms with Gasteiger partial charge in [-0.1, -0.05) is 78.6 Å². The molecule has 0 bridgehead atoms. The van der Waals surface area contributed by atoms with Crippen molar-refractivity contribution in [3.63, 3.8) is 0 Å². The van der Waals surface area contributed by atoms with E-state index in [2.05, 4.69) is 25.7 Å². The molecule has 0 radical (unpaired) electrons. The lowest BCUT2D eigenvalue weighted by Gasteiger charge is -2.22. The summed E-state index contributed by atoms with van der Waals surface area (Å²) in [5.41, 5.74) is 0. The molecule has 0 rings (SSSR count). The van der Waals surface area contributed by atoms with Gasteiger partial charge in [-0.2, -0.15) is 0 Å². The summed E-state index contributed by atoms with van der Waals surface area (Å²) < 4.78 is 0. The fraction of sp³-hybridized carbons (Fsp3) is 1.00. The van der Waals surface area contributed by atoms with Crippen LogP contribution in [0.2, 0.25) is 0 Å². The summed E-state index contributed by atoms with van der Waals surface area (Å²) in [6.07, 6.45) is 16.8. The van der Waals surface area contributed by atoms with E-state index in [1.807, 2.05) is 0 Å². The van der Waals surface area contributed by atoms with Crippen molar-refractivity contribution < 1.29 is 1.43 Å². The van der Waals surface area contributed by atoms with Crippen LogP contribution < -0.4 is 0 Å². The third-order valence-electron chi connectivity index (χ3n) is 3.98. The van der Waals surface area contributed by atoms with Gasteiger partial charge < -0.3 is 4.90 Å². The van der Waals surface area contributed by atoms with Crippen molar-refractivity contribution in [3.8, 4) is 0 Å². The Balaban J connectivity index is 0. The Morgan fingerprint density at radius 3 is 1.05 bits per heavy atom. The van der Waals surface area contributed by atoms with Crippen LogP contribution >= 0.6 is 0 Å². The van der Waals surface area contributed by atoms with Crippen molar-refractivity contribution in [1.29, 1.82) is 0 Å². The quantitative estimate of drug-likeness (QED) is 0.323. The van der Waals surface area contributed by atoms with Crippen molar-refractivity contribution in [2.24, 2.45) is 0 Å². The van der Waals surface area contributed by atoms with Crippen LogP contribution in [0.4, 0.5) is 0 Å². The molecular formula is C18H40N+. The van der Waals surface area contributed by atoms with Crippen molar-refractivity contribution in [3.05, 3.63) is 0 Å². The molecule has 0 saturated carbocycles. The molecule has 0 unspecified atom stereocenters. The Morgan fingerprint density at radius 2 is 0.789 bits per heavy atom. The average molecular weight is 271 g/mol. The minimum absolute atomic E-state index is 0. The van der Waals surface area contributed by atoms with Crippen LogP contribution in [0.1, 0.15) is 99.2 Å². The van der Waals surface area contributed by atoms with Crippen LogP contribution in [0.5, 0.6) is 0 Å². The highest BCUT2D eigenvalue weighted by Gasteiger charge is 2.04. The number of rotatable bonds is 15. The Labute approximate surface area is 124 Å². The predicted molar refractivity (Wildman–Crippen MR) is 90.0 cm³/mol. The second-order valence-electron chi connectivity index (χ2n) is 6.02. The first-order valence-corrected chi connectivity index (χ1v) is 9.07. The van der Waals surface area contributed by atoms with Gasteiger partial charge in [-0.25, -0.2) is 0 Å². The van der Waals surface area contributed by atoms with Crippen molar-refractivity contribution in [1.82, 2.24) is 4.90 Å². The Hall–Kier alpha value is -0.0400. The van der Waals surface area contributed by atoms with Gasteiger partial charge in [0, 0.05) is 0 Å². The topological polar surface area (TPSA) is 3.24 Å². The Bertz CT molecular complexity index is 133. The zero-order valence-corrected chi connectivity index (χ0v) is 14.1. The van der Waals surface area contributed by atoms with Crippen LogP contribution in [-0.2, 0) is 0 Å². The first-order valence-electron chi connectivity index (χ1n) is 9.07. The third-order valence-corrected chi connectivity index (χ3v) is 3.98. The Kier molecular flexibility index (Phi) is 16.0. The van der Waals surface area contributed by atoms with E-state index in [0.29, 0.717) is 0 Å². The molecule has 0 aliphatic carbocycles. The molecule has 0 aliphatic heterocycles. The Morgan fingerprint density at radius 1 is 0.474 bits per heavy atom. The second-order valence-corrected chi connectivity index (χ2v) is 6.02. The standard InChI is InChI=1S/C18H39N/c1-4-7-10-13-16-19(17-14-11-8-5-2)18-15-12-9-6-3/h4-18H2,1-3H3/p+1. The predicted octanol–water partition coefficient (Wildman–Crippen LogP) is 6.14. The van der Waals surface area contributed by atoms with Gasteiger partial charge >= 0.3 is 1.43 Å². The molecule has 19 heavy (non-hydrogen) atoms. The number of hydrogen-bond donors (Lipinski definition) is 0. The van der Waals surface area contributed by atoms with E-state index in [-0.39, 0.29) is 1.43 Å². The summed E-state index contributed by atoms with van der Waals surface area (Å²) >= 11 is 0. The maximum atomic E-state index is 2.74. The molecule has 0 atom stereocenters. The molecule has 0 spiro atoms. The van der Waals surface area contributed by atoms with Gasteiger partial charge in [-0.3, -0.25) is 0 Å².